The number of amides is 1. The molecule has 1 aliphatic heterocycles. The number of nitrogen functional groups attached to an aromatic ring is 1. The molecule has 7 nitrogen and oxygen atoms in total. The molecule has 2 N–H and O–H groups in total. The molecule has 0 aliphatic carbocycles. The highest BCUT2D eigenvalue weighted by molar-refractivity contribution is 5.69. The molecule has 1 amide bonds. The quantitative estimate of drug-likeness (QED) is 0.852. The molecule has 3 rings (SSSR count). The van der Waals surface area contributed by atoms with Crippen molar-refractivity contribution in [3.8, 4) is 11.4 Å². The molecule has 22 heavy (non-hydrogen) atoms. The van der Waals surface area contributed by atoms with Gasteiger partial charge in [0.25, 0.3) is 0 Å². The molecule has 1 aliphatic rings. The van der Waals surface area contributed by atoms with E-state index in [2.05, 4.69) is 14.9 Å². The molecule has 0 atom stereocenters. The second kappa shape index (κ2) is 5.28. The highest BCUT2D eigenvalue weighted by atomic mass is 19.1. The number of hydrogen-bond donors (Lipinski definition) is 1. The van der Waals surface area contributed by atoms with Crippen molar-refractivity contribution in [3.63, 3.8) is 0 Å². The first-order valence-corrected chi connectivity index (χ1v) is 6.72. The minimum Gasteiger partial charge on any atom is -0.453 e. The summed E-state index contributed by atoms with van der Waals surface area (Å²) in [7, 11) is 1.33. The van der Waals surface area contributed by atoms with Crippen LogP contribution in [-0.2, 0) is 4.74 Å². The van der Waals surface area contributed by atoms with Gasteiger partial charge in [0, 0.05) is 29.9 Å². The Labute approximate surface area is 125 Å². The second-order valence-electron chi connectivity index (χ2n) is 5.20. The first-order chi connectivity index (χ1) is 10.5. The number of likely N-dealkylation sites (tertiary alicyclic amines) is 1. The summed E-state index contributed by atoms with van der Waals surface area (Å²) in [5, 5.41) is 3.85. The van der Waals surface area contributed by atoms with Crippen molar-refractivity contribution in [1.82, 2.24) is 15.0 Å². The molecular formula is C14H15FN4O3. The van der Waals surface area contributed by atoms with Crippen molar-refractivity contribution < 1.29 is 18.4 Å². The van der Waals surface area contributed by atoms with E-state index < -0.39 is 5.82 Å². The van der Waals surface area contributed by atoms with Crippen molar-refractivity contribution >= 4 is 11.8 Å². The predicted molar refractivity (Wildman–Crippen MR) is 75.6 cm³/mol. The van der Waals surface area contributed by atoms with Crippen LogP contribution < -0.4 is 5.73 Å². The molecule has 2 aromatic rings. The zero-order valence-corrected chi connectivity index (χ0v) is 12.2. The molecule has 116 valence electrons. The van der Waals surface area contributed by atoms with Crippen molar-refractivity contribution in [2.24, 2.45) is 0 Å². The van der Waals surface area contributed by atoms with E-state index in [4.69, 9.17) is 10.3 Å². The number of aromatic nitrogens is 2. The highest BCUT2D eigenvalue weighted by Crippen LogP contribution is 2.29. The minimum absolute atomic E-state index is 0.0343. The summed E-state index contributed by atoms with van der Waals surface area (Å²) in [6, 6.07) is 2.93. The number of benzene rings is 1. The van der Waals surface area contributed by atoms with E-state index >= 15 is 0 Å². The van der Waals surface area contributed by atoms with Crippen molar-refractivity contribution in [1.29, 1.82) is 0 Å². The van der Waals surface area contributed by atoms with Gasteiger partial charge in [0.15, 0.2) is 0 Å². The van der Waals surface area contributed by atoms with Crippen molar-refractivity contribution in [3.05, 3.63) is 29.4 Å². The summed E-state index contributed by atoms with van der Waals surface area (Å²) in [6.07, 6.45) is -0.385. The fourth-order valence-electron chi connectivity index (χ4n) is 2.26. The molecule has 1 aromatic heterocycles. The Bertz CT molecular complexity index is 702. The van der Waals surface area contributed by atoms with E-state index in [-0.39, 0.29) is 17.8 Å². The van der Waals surface area contributed by atoms with Crippen LogP contribution in [0.15, 0.2) is 16.7 Å². The van der Waals surface area contributed by atoms with Gasteiger partial charge in [-0.1, -0.05) is 5.16 Å². The number of methoxy groups -OCH3 is 1. The van der Waals surface area contributed by atoms with E-state index in [1.54, 1.807) is 13.0 Å². The number of ether oxygens (including phenoxy) is 1. The zero-order chi connectivity index (χ0) is 15.9. The lowest BCUT2D eigenvalue weighted by Crippen LogP contribution is -2.48. The number of carbonyl (C=O) groups excluding carboxylic acids is 1. The summed E-state index contributed by atoms with van der Waals surface area (Å²) in [4.78, 5) is 17.1. The lowest BCUT2D eigenvalue weighted by atomic mass is 10.0. The summed E-state index contributed by atoms with van der Waals surface area (Å²) >= 11 is 0. The van der Waals surface area contributed by atoms with Crippen LogP contribution >= 0.6 is 0 Å². The summed E-state index contributed by atoms with van der Waals surface area (Å²) in [5.74, 6) is 0.238. The van der Waals surface area contributed by atoms with Crippen LogP contribution in [0.25, 0.3) is 11.4 Å². The van der Waals surface area contributed by atoms with Crippen molar-refractivity contribution in [2.45, 2.75) is 12.8 Å². The molecule has 1 fully saturated rings. The fraction of sp³-hybridized carbons (Fsp3) is 0.357. The van der Waals surface area contributed by atoms with Crippen LogP contribution in [0.2, 0.25) is 0 Å². The van der Waals surface area contributed by atoms with Gasteiger partial charge < -0.3 is 19.9 Å². The third kappa shape index (κ3) is 2.36. The van der Waals surface area contributed by atoms with Crippen LogP contribution in [0.3, 0.4) is 0 Å². The number of nitrogens with zero attached hydrogens (tertiary/aromatic N) is 3. The summed E-state index contributed by atoms with van der Waals surface area (Å²) in [6.45, 7) is 2.52. The molecule has 1 aromatic carbocycles. The largest absolute Gasteiger partial charge is 0.453 e. The van der Waals surface area contributed by atoms with E-state index in [0.717, 1.165) is 0 Å². The van der Waals surface area contributed by atoms with Gasteiger partial charge >= 0.3 is 6.09 Å². The standard InChI is InChI=1S/C14H15FN4O3/c1-7-10(15)3-8(4-11(7)16)12-17-13(22-18-12)9-5-19(6-9)14(20)21-2/h3-4,9H,5-6,16H2,1-2H3. The Morgan fingerprint density at radius 1 is 1.50 bits per heavy atom. The van der Waals surface area contributed by atoms with Crippen LogP contribution in [-0.4, -0.2) is 41.3 Å². The zero-order valence-electron chi connectivity index (χ0n) is 12.2. The fourth-order valence-corrected chi connectivity index (χ4v) is 2.26. The van der Waals surface area contributed by atoms with Crippen LogP contribution in [0, 0.1) is 12.7 Å². The molecule has 0 spiro atoms. The number of anilines is 1. The number of hydrogen-bond acceptors (Lipinski definition) is 6. The lowest BCUT2D eigenvalue weighted by Gasteiger charge is -2.35. The average molecular weight is 306 g/mol. The molecule has 8 heteroatoms. The maximum Gasteiger partial charge on any atom is 0.409 e. The monoisotopic (exact) mass is 306 g/mol. The normalized spacial score (nSPS) is 14.8. The second-order valence-corrected chi connectivity index (χ2v) is 5.20. The maximum absolute atomic E-state index is 13.7. The lowest BCUT2D eigenvalue weighted by molar-refractivity contribution is 0.0804. The smallest absolute Gasteiger partial charge is 0.409 e. The summed E-state index contributed by atoms with van der Waals surface area (Å²) < 4.78 is 23.5. The Morgan fingerprint density at radius 2 is 2.23 bits per heavy atom. The average Bonchev–Trinajstić information content (AvgIpc) is 2.91. The molecule has 0 saturated carbocycles. The number of halogens is 1. The van der Waals surface area contributed by atoms with Crippen LogP contribution in [0.4, 0.5) is 14.9 Å². The highest BCUT2D eigenvalue weighted by Gasteiger charge is 2.36. The van der Waals surface area contributed by atoms with Gasteiger partial charge in [-0.15, -0.1) is 0 Å². The van der Waals surface area contributed by atoms with Crippen LogP contribution in [0.1, 0.15) is 17.4 Å². The first kappa shape index (κ1) is 14.3. The topological polar surface area (TPSA) is 94.5 Å². The Hall–Kier alpha value is -2.64. The Morgan fingerprint density at radius 3 is 2.86 bits per heavy atom. The Balaban J connectivity index is 1.77. The third-order valence-electron chi connectivity index (χ3n) is 3.75. The van der Waals surface area contributed by atoms with Gasteiger partial charge in [-0.05, 0) is 19.1 Å². The van der Waals surface area contributed by atoms with Gasteiger partial charge in [-0.25, -0.2) is 9.18 Å². The van der Waals surface area contributed by atoms with Gasteiger partial charge in [0.2, 0.25) is 11.7 Å². The van der Waals surface area contributed by atoms with Gasteiger partial charge in [-0.2, -0.15) is 4.98 Å². The van der Waals surface area contributed by atoms with Crippen LogP contribution in [0.5, 0.6) is 0 Å². The molecule has 0 bridgehead atoms. The molecular weight excluding hydrogens is 291 g/mol. The number of nitrogens with two attached hydrogens (primary N) is 1. The molecule has 0 radical (unpaired) electrons. The Kier molecular flexibility index (Phi) is 3.44. The van der Waals surface area contributed by atoms with E-state index in [1.807, 2.05) is 0 Å². The first-order valence-electron chi connectivity index (χ1n) is 6.72. The van der Waals surface area contributed by atoms with Gasteiger partial charge in [0.05, 0.1) is 13.0 Å². The van der Waals surface area contributed by atoms with Gasteiger partial charge in [-0.3, -0.25) is 0 Å². The SMILES string of the molecule is COC(=O)N1CC(c2nc(-c3cc(N)c(C)c(F)c3)no2)C1. The third-order valence-corrected chi connectivity index (χ3v) is 3.75. The van der Waals surface area contributed by atoms with E-state index in [9.17, 15) is 9.18 Å². The molecule has 1 saturated heterocycles. The molecule has 0 unspecified atom stereocenters. The van der Waals surface area contributed by atoms with Gasteiger partial charge in [0.1, 0.15) is 5.82 Å². The summed E-state index contributed by atoms with van der Waals surface area (Å²) in [5.41, 5.74) is 6.93. The van der Waals surface area contributed by atoms with E-state index in [1.165, 1.54) is 18.1 Å². The number of carbonyl (C=O) groups is 1. The maximum atomic E-state index is 13.7. The van der Waals surface area contributed by atoms with E-state index in [0.29, 0.717) is 35.8 Å². The predicted octanol–water partition coefficient (Wildman–Crippen LogP) is 1.93. The minimum atomic E-state index is -0.415. The number of rotatable bonds is 2. The molecule has 2 heterocycles. The van der Waals surface area contributed by atoms with Crippen molar-refractivity contribution in [2.75, 3.05) is 25.9 Å².